The lowest BCUT2D eigenvalue weighted by atomic mass is 10.2. The van der Waals surface area contributed by atoms with Gasteiger partial charge in [-0.25, -0.2) is 0 Å². The van der Waals surface area contributed by atoms with Gasteiger partial charge in [-0.3, -0.25) is 4.79 Å². The first-order valence-electron chi connectivity index (χ1n) is 4.92. The number of benzene rings is 1. The van der Waals surface area contributed by atoms with Crippen LogP contribution in [0.25, 0.3) is 0 Å². The second kappa shape index (κ2) is 5.36. The highest BCUT2D eigenvalue weighted by atomic mass is 16.3. The Morgan fingerprint density at radius 2 is 2.20 bits per heavy atom. The molecule has 82 valence electrons. The molecule has 0 radical (unpaired) electrons. The first-order valence-corrected chi connectivity index (χ1v) is 4.92. The van der Waals surface area contributed by atoms with Crippen LogP contribution in [0.1, 0.15) is 19.8 Å². The van der Waals surface area contributed by atoms with Crippen LogP contribution in [0, 0.1) is 0 Å². The minimum atomic E-state index is -0.455. The first kappa shape index (κ1) is 11.5. The SMILES string of the molecule is CC(O)CCC(=O)Nc1ccccc1N. The van der Waals surface area contributed by atoms with Crippen LogP contribution in [0.4, 0.5) is 11.4 Å². The predicted octanol–water partition coefficient (Wildman–Crippen LogP) is 1.37. The topological polar surface area (TPSA) is 75.3 Å². The molecule has 15 heavy (non-hydrogen) atoms. The van der Waals surface area contributed by atoms with Gasteiger partial charge in [0.05, 0.1) is 17.5 Å². The van der Waals surface area contributed by atoms with Crippen molar-refractivity contribution in [2.45, 2.75) is 25.9 Å². The van der Waals surface area contributed by atoms with Crippen molar-refractivity contribution < 1.29 is 9.90 Å². The number of aliphatic hydroxyl groups excluding tert-OH is 1. The van der Waals surface area contributed by atoms with Crippen LogP contribution in [0.2, 0.25) is 0 Å². The monoisotopic (exact) mass is 208 g/mol. The molecule has 0 aromatic heterocycles. The van der Waals surface area contributed by atoms with Crippen molar-refractivity contribution in [2.24, 2.45) is 0 Å². The Balaban J connectivity index is 2.48. The zero-order valence-corrected chi connectivity index (χ0v) is 8.73. The molecule has 4 heteroatoms. The van der Waals surface area contributed by atoms with E-state index in [0.29, 0.717) is 24.2 Å². The average molecular weight is 208 g/mol. The standard InChI is InChI=1S/C11H16N2O2/c1-8(14)6-7-11(15)13-10-5-3-2-4-9(10)12/h2-5,8,14H,6-7,12H2,1H3,(H,13,15). The van der Waals surface area contributed by atoms with Gasteiger partial charge in [0.1, 0.15) is 0 Å². The minimum Gasteiger partial charge on any atom is -0.397 e. The van der Waals surface area contributed by atoms with Crippen LogP contribution < -0.4 is 11.1 Å². The van der Waals surface area contributed by atoms with Gasteiger partial charge in [-0.15, -0.1) is 0 Å². The van der Waals surface area contributed by atoms with E-state index >= 15 is 0 Å². The van der Waals surface area contributed by atoms with E-state index in [0.717, 1.165) is 0 Å². The third kappa shape index (κ3) is 3.99. The van der Waals surface area contributed by atoms with Crippen molar-refractivity contribution in [1.29, 1.82) is 0 Å². The van der Waals surface area contributed by atoms with E-state index < -0.39 is 6.10 Å². The molecule has 0 bridgehead atoms. The van der Waals surface area contributed by atoms with Crippen molar-refractivity contribution in [3.63, 3.8) is 0 Å². The Bertz CT molecular complexity index is 337. The molecule has 1 aromatic rings. The number of carbonyl (C=O) groups is 1. The Kier molecular flexibility index (Phi) is 4.12. The zero-order valence-electron chi connectivity index (χ0n) is 8.73. The van der Waals surface area contributed by atoms with Crippen molar-refractivity contribution >= 4 is 17.3 Å². The molecule has 0 saturated carbocycles. The third-order valence-electron chi connectivity index (χ3n) is 2.02. The first-order chi connectivity index (χ1) is 7.09. The molecule has 0 saturated heterocycles. The molecule has 1 amide bonds. The number of rotatable bonds is 4. The maximum atomic E-state index is 11.4. The number of anilines is 2. The summed E-state index contributed by atoms with van der Waals surface area (Å²) in [4.78, 5) is 11.4. The van der Waals surface area contributed by atoms with Crippen molar-refractivity contribution in [3.8, 4) is 0 Å². The van der Waals surface area contributed by atoms with E-state index in [4.69, 9.17) is 10.8 Å². The lowest BCUT2D eigenvalue weighted by Crippen LogP contribution is -2.14. The largest absolute Gasteiger partial charge is 0.397 e. The summed E-state index contributed by atoms with van der Waals surface area (Å²) in [6.07, 6.45) is 0.300. The Morgan fingerprint density at radius 3 is 2.80 bits per heavy atom. The molecule has 0 heterocycles. The molecule has 1 atom stereocenters. The van der Waals surface area contributed by atoms with Gasteiger partial charge in [0.2, 0.25) is 5.91 Å². The summed E-state index contributed by atoms with van der Waals surface area (Å²) in [7, 11) is 0. The quantitative estimate of drug-likeness (QED) is 0.654. The molecule has 0 fully saturated rings. The molecular weight excluding hydrogens is 192 g/mol. The number of carbonyl (C=O) groups excluding carboxylic acids is 1. The number of hydrogen-bond acceptors (Lipinski definition) is 3. The van der Waals surface area contributed by atoms with Crippen LogP contribution in [0.15, 0.2) is 24.3 Å². The number of nitrogens with two attached hydrogens (primary N) is 1. The summed E-state index contributed by atoms with van der Waals surface area (Å²) in [5.74, 6) is -0.131. The molecular formula is C11H16N2O2. The highest BCUT2D eigenvalue weighted by Gasteiger charge is 2.05. The highest BCUT2D eigenvalue weighted by Crippen LogP contribution is 2.16. The van der Waals surface area contributed by atoms with Gasteiger partial charge in [-0.05, 0) is 25.5 Å². The maximum absolute atomic E-state index is 11.4. The number of nitrogens with one attached hydrogen (secondary N) is 1. The fourth-order valence-electron chi connectivity index (χ4n) is 1.16. The summed E-state index contributed by atoms with van der Waals surface area (Å²) in [5, 5.41) is 11.7. The van der Waals surface area contributed by atoms with E-state index in [-0.39, 0.29) is 5.91 Å². The van der Waals surface area contributed by atoms with E-state index in [1.54, 1.807) is 31.2 Å². The summed E-state index contributed by atoms with van der Waals surface area (Å²) in [6.45, 7) is 1.66. The van der Waals surface area contributed by atoms with E-state index in [1.165, 1.54) is 0 Å². The van der Waals surface area contributed by atoms with Gasteiger partial charge in [0, 0.05) is 6.42 Å². The predicted molar refractivity (Wildman–Crippen MR) is 60.4 cm³/mol. The number of aliphatic hydroxyl groups is 1. The number of amides is 1. The van der Waals surface area contributed by atoms with Crippen LogP contribution in [0.3, 0.4) is 0 Å². The molecule has 0 spiro atoms. The van der Waals surface area contributed by atoms with Crippen LogP contribution in [-0.2, 0) is 4.79 Å². The Morgan fingerprint density at radius 1 is 1.53 bits per heavy atom. The second-order valence-corrected chi connectivity index (χ2v) is 3.52. The summed E-state index contributed by atoms with van der Waals surface area (Å²) < 4.78 is 0. The molecule has 4 N–H and O–H groups in total. The summed E-state index contributed by atoms with van der Waals surface area (Å²) in [6, 6.07) is 7.08. The molecule has 0 aliphatic heterocycles. The Hall–Kier alpha value is -1.55. The minimum absolute atomic E-state index is 0.131. The van der Waals surface area contributed by atoms with E-state index in [9.17, 15) is 4.79 Å². The van der Waals surface area contributed by atoms with E-state index in [1.807, 2.05) is 0 Å². The molecule has 1 rings (SSSR count). The fraction of sp³-hybridized carbons (Fsp3) is 0.364. The highest BCUT2D eigenvalue weighted by molar-refractivity contribution is 5.93. The summed E-state index contributed by atoms with van der Waals surface area (Å²) >= 11 is 0. The van der Waals surface area contributed by atoms with Crippen molar-refractivity contribution in [2.75, 3.05) is 11.1 Å². The van der Waals surface area contributed by atoms with Crippen LogP contribution in [-0.4, -0.2) is 17.1 Å². The molecule has 1 aromatic carbocycles. The van der Waals surface area contributed by atoms with Crippen LogP contribution >= 0.6 is 0 Å². The van der Waals surface area contributed by atoms with Gasteiger partial charge >= 0.3 is 0 Å². The number of nitrogen functional groups attached to an aromatic ring is 1. The normalized spacial score (nSPS) is 12.1. The maximum Gasteiger partial charge on any atom is 0.224 e. The molecule has 4 nitrogen and oxygen atoms in total. The molecule has 0 aliphatic carbocycles. The van der Waals surface area contributed by atoms with E-state index in [2.05, 4.69) is 5.32 Å². The average Bonchev–Trinajstić information content (AvgIpc) is 2.18. The van der Waals surface area contributed by atoms with Gasteiger partial charge in [-0.1, -0.05) is 12.1 Å². The lowest BCUT2D eigenvalue weighted by Gasteiger charge is -2.08. The third-order valence-corrected chi connectivity index (χ3v) is 2.02. The number of hydrogen-bond donors (Lipinski definition) is 3. The van der Waals surface area contributed by atoms with Crippen molar-refractivity contribution in [1.82, 2.24) is 0 Å². The van der Waals surface area contributed by atoms with Crippen LogP contribution in [0.5, 0.6) is 0 Å². The van der Waals surface area contributed by atoms with Crippen molar-refractivity contribution in [3.05, 3.63) is 24.3 Å². The second-order valence-electron chi connectivity index (χ2n) is 3.52. The van der Waals surface area contributed by atoms with Gasteiger partial charge in [0.25, 0.3) is 0 Å². The molecule has 1 unspecified atom stereocenters. The smallest absolute Gasteiger partial charge is 0.224 e. The zero-order chi connectivity index (χ0) is 11.3. The van der Waals surface area contributed by atoms with Gasteiger partial charge in [-0.2, -0.15) is 0 Å². The lowest BCUT2D eigenvalue weighted by molar-refractivity contribution is -0.116. The van der Waals surface area contributed by atoms with Gasteiger partial charge in [0.15, 0.2) is 0 Å². The summed E-state index contributed by atoms with van der Waals surface area (Å²) in [5.41, 5.74) is 6.82. The number of para-hydroxylation sites is 2. The fourth-order valence-corrected chi connectivity index (χ4v) is 1.16. The molecule has 0 aliphatic rings. The van der Waals surface area contributed by atoms with Gasteiger partial charge < -0.3 is 16.2 Å². The Labute approximate surface area is 89.1 Å².